The molecule has 194 valence electrons. The van der Waals surface area contributed by atoms with Crippen LogP contribution in [0.2, 0.25) is 0 Å². The Balaban J connectivity index is 0.00000304. The van der Waals surface area contributed by atoms with Crippen LogP contribution in [-0.4, -0.2) is 65.7 Å². The van der Waals surface area contributed by atoms with Crippen LogP contribution in [0.15, 0.2) is 30.6 Å². The molecule has 5 rings (SSSR count). The number of carbonyl (C=O) groups excluding carboxylic acids is 2. The Labute approximate surface area is 212 Å². The van der Waals surface area contributed by atoms with E-state index in [9.17, 15) is 22.8 Å². The number of amides is 2. The lowest BCUT2D eigenvalue weighted by atomic mass is 10.1. The number of hydrogen-bond donors (Lipinski definition) is 0. The van der Waals surface area contributed by atoms with E-state index in [0.29, 0.717) is 55.5 Å². The standard InChI is InChI=1S/C24H26F3N5O3.ClH/c1-2-18-14-35-23(34)32(18)20-6-5-16(12-28-20)22(33)31-9-7-30(8-10-31)21-19(15-3-4-15)11-17(13-29-21)24(25,26)27;/h5-6,11-13,15,18H,2-4,7-10,14H2,1H3;1H/t18-;/m1./s1. The minimum atomic E-state index is -4.42. The molecule has 3 aliphatic rings. The third kappa shape index (κ3) is 5.07. The molecule has 1 atom stereocenters. The molecule has 3 fully saturated rings. The van der Waals surface area contributed by atoms with Crippen molar-refractivity contribution in [3.05, 3.63) is 47.3 Å². The van der Waals surface area contributed by atoms with Gasteiger partial charge in [0.05, 0.1) is 17.2 Å². The van der Waals surface area contributed by atoms with Gasteiger partial charge in [-0.2, -0.15) is 13.2 Å². The average Bonchev–Trinajstić information content (AvgIpc) is 3.64. The Morgan fingerprint density at radius 1 is 1.11 bits per heavy atom. The fraction of sp³-hybridized carbons (Fsp3) is 0.500. The molecule has 4 heterocycles. The van der Waals surface area contributed by atoms with Gasteiger partial charge in [-0.1, -0.05) is 6.92 Å². The molecule has 12 heteroatoms. The van der Waals surface area contributed by atoms with Gasteiger partial charge < -0.3 is 14.5 Å². The Hall–Kier alpha value is -3.08. The van der Waals surface area contributed by atoms with Gasteiger partial charge >= 0.3 is 12.3 Å². The third-order valence-electron chi connectivity index (χ3n) is 6.78. The number of alkyl halides is 3. The molecule has 0 bridgehead atoms. The summed E-state index contributed by atoms with van der Waals surface area (Å²) in [4.78, 5) is 38.7. The number of aromatic nitrogens is 2. The highest BCUT2D eigenvalue weighted by molar-refractivity contribution is 5.95. The van der Waals surface area contributed by atoms with E-state index in [2.05, 4.69) is 9.97 Å². The first-order valence-electron chi connectivity index (χ1n) is 11.8. The van der Waals surface area contributed by atoms with Crippen molar-refractivity contribution in [1.82, 2.24) is 14.9 Å². The lowest BCUT2D eigenvalue weighted by Gasteiger charge is -2.36. The van der Waals surface area contributed by atoms with Crippen molar-refractivity contribution in [2.24, 2.45) is 0 Å². The monoisotopic (exact) mass is 525 g/mol. The van der Waals surface area contributed by atoms with Crippen molar-refractivity contribution < 1.29 is 27.5 Å². The minimum Gasteiger partial charge on any atom is -0.447 e. The molecule has 2 aromatic heterocycles. The summed E-state index contributed by atoms with van der Waals surface area (Å²) in [6.45, 7) is 4.08. The molecule has 36 heavy (non-hydrogen) atoms. The second-order valence-corrected chi connectivity index (χ2v) is 9.10. The summed E-state index contributed by atoms with van der Waals surface area (Å²) in [5, 5.41) is 0. The number of halogens is 4. The summed E-state index contributed by atoms with van der Waals surface area (Å²) in [6.07, 6.45) is -0.0414. The van der Waals surface area contributed by atoms with E-state index < -0.39 is 17.8 Å². The van der Waals surface area contributed by atoms with E-state index in [4.69, 9.17) is 4.74 Å². The van der Waals surface area contributed by atoms with Crippen molar-refractivity contribution in [2.45, 2.75) is 44.3 Å². The zero-order valence-corrected chi connectivity index (χ0v) is 20.5. The van der Waals surface area contributed by atoms with Crippen LogP contribution < -0.4 is 9.80 Å². The summed E-state index contributed by atoms with van der Waals surface area (Å²) < 4.78 is 44.6. The van der Waals surface area contributed by atoms with E-state index in [-0.39, 0.29) is 30.3 Å². The van der Waals surface area contributed by atoms with E-state index in [0.717, 1.165) is 25.5 Å². The van der Waals surface area contributed by atoms with Gasteiger partial charge in [0.2, 0.25) is 0 Å². The Bertz CT molecular complexity index is 1120. The van der Waals surface area contributed by atoms with Crippen molar-refractivity contribution in [3.63, 3.8) is 0 Å². The summed E-state index contributed by atoms with van der Waals surface area (Å²) in [5.74, 6) is 0.968. The van der Waals surface area contributed by atoms with Gasteiger partial charge in [0, 0.05) is 38.6 Å². The molecule has 1 aliphatic carbocycles. The van der Waals surface area contributed by atoms with Crippen LogP contribution in [0.5, 0.6) is 0 Å². The molecule has 0 N–H and O–H groups in total. The Morgan fingerprint density at radius 2 is 1.83 bits per heavy atom. The van der Waals surface area contributed by atoms with Crippen LogP contribution in [0.1, 0.15) is 53.6 Å². The van der Waals surface area contributed by atoms with Crippen molar-refractivity contribution in [3.8, 4) is 0 Å². The van der Waals surface area contributed by atoms with Gasteiger partial charge in [-0.05, 0) is 48.9 Å². The fourth-order valence-electron chi connectivity index (χ4n) is 4.59. The first kappa shape index (κ1) is 26.0. The van der Waals surface area contributed by atoms with Gasteiger partial charge in [-0.25, -0.2) is 14.8 Å². The lowest BCUT2D eigenvalue weighted by Crippen LogP contribution is -2.49. The molecule has 0 unspecified atom stereocenters. The highest BCUT2D eigenvalue weighted by atomic mass is 35.5. The summed E-state index contributed by atoms with van der Waals surface area (Å²) in [7, 11) is 0. The smallest absolute Gasteiger partial charge is 0.417 e. The van der Waals surface area contributed by atoms with Crippen LogP contribution in [0.25, 0.3) is 0 Å². The second-order valence-electron chi connectivity index (χ2n) is 9.10. The summed E-state index contributed by atoms with van der Waals surface area (Å²) in [5.41, 5.74) is 0.333. The SMILES string of the molecule is CC[C@@H]1COC(=O)N1c1ccc(C(=O)N2CCN(c3ncc(C(F)(F)F)cc3C3CC3)CC2)cn1.Cl. The zero-order chi connectivity index (χ0) is 24.7. The number of anilines is 2. The first-order valence-corrected chi connectivity index (χ1v) is 11.8. The van der Waals surface area contributed by atoms with Gasteiger partial charge in [-0.3, -0.25) is 9.69 Å². The highest BCUT2D eigenvalue weighted by Gasteiger charge is 2.37. The maximum atomic E-state index is 13.2. The van der Waals surface area contributed by atoms with Crippen LogP contribution in [0.4, 0.5) is 29.6 Å². The number of pyridine rings is 2. The van der Waals surface area contributed by atoms with Gasteiger partial charge in [0.15, 0.2) is 0 Å². The Kier molecular flexibility index (Phi) is 7.31. The van der Waals surface area contributed by atoms with E-state index >= 15 is 0 Å². The average molecular weight is 526 g/mol. The quantitative estimate of drug-likeness (QED) is 0.572. The van der Waals surface area contributed by atoms with Gasteiger partial charge in [0.1, 0.15) is 18.2 Å². The molecule has 2 amide bonds. The zero-order valence-electron chi connectivity index (χ0n) is 19.7. The molecule has 0 aromatic carbocycles. The number of hydrogen-bond acceptors (Lipinski definition) is 6. The molecule has 8 nitrogen and oxygen atoms in total. The van der Waals surface area contributed by atoms with Gasteiger partial charge in [-0.15, -0.1) is 12.4 Å². The third-order valence-corrected chi connectivity index (χ3v) is 6.78. The highest BCUT2D eigenvalue weighted by Crippen LogP contribution is 2.45. The van der Waals surface area contributed by atoms with Crippen molar-refractivity contribution >= 4 is 36.0 Å². The van der Waals surface area contributed by atoms with E-state index in [1.54, 1.807) is 17.0 Å². The normalized spacial score (nSPS) is 20.3. The minimum absolute atomic E-state index is 0. The van der Waals surface area contributed by atoms with Crippen molar-refractivity contribution in [2.75, 3.05) is 42.6 Å². The molecular formula is C24H27ClF3N5O3. The molecule has 1 saturated carbocycles. The number of nitrogens with zero attached hydrogens (tertiary/aromatic N) is 5. The van der Waals surface area contributed by atoms with Gasteiger partial charge in [0.25, 0.3) is 5.91 Å². The molecule has 0 radical (unpaired) electrons. The fourth-order valence-corrected chi connectivity index (χ4v) is 4.59. The maximum Gasteiger partial charge on any atom is 0.417 e. The first-order chi connectivity index (χ1) is 16.8. The summed E-state index contributed by atoms with van der Waals surface area (Å²) in [6, 6.07) is 4.44. The van der Waals surface area contributed by atoms with Crippen molar-refractivity contribution in [1.29, 1.82) is 0 Å². The molecule has 2 aromatic rings. The number of ether oxygens (including phenoxy) is 1. The topological polar surface area (TPSA) is 78.9 Å². The second kappa shape index (κ2) is 10.1. The lowest BCUT2D eigenvalue weighted by molar-refractivity contribution is -0.137. The Morgan fingerprint density at radius 3 is 2.42 bits per heavy atom. The predicted molar refractivity (Wildman–Crippen MR) is 129 cm³/mol. The largest absolute Gasteiger partial charge is 0.447 e. The number of cyclic esters (lactones) is 1. The van der Waals surface area contributed by atoms with E-state index in [1.807, 2.05) is 11.8 Å². The molecule has 2 saturated heterocycles. The maximum absolute atomic E-state index is 13.2. The number of piperazine rings is 1. The molecular weight excluding hydrogens is 499 g/mol. The molecule has 2 aliphatic heterocycles. The van der Waals surface area contributed by atoms with E-state index in [1.165, 1.54) is 17.2 Å². The number of carbonyl (C=O) groups is 2. The van der Waals surface area contributed by atoms with Crippen LogP contribution >= 0.6 is 12.4 Å². The van der Waals surface area contributed by atoms with Crippen LogP contribution in [-0.2, 0) is 10.9 Å². The predicted octanol–water partition coefficient (Wildman–Crippen LogP) is 4.49. The van der Waals surface area contributed by atoms with Crippen LogP contribution in [0.3, 0.4) is 0 Å². The number of rotatable bonds is 5. The van der Waals surface area contributed by atoms with Crippen LogP contribution in [0, 0.1) is 0 Å². The summed E-state index contributed by atoms with van der Waals surface area (Å²) >= 11 is 0. The molecule has 0 spiro atoms.